The molecule has 2 aromatic carbocycles. The van der Waals surface area contributed by atoms with Gasteiger partial charge in [0.1, 0.15) is 5.25 Å². The Morgan fingerprint density at radius 2 is 1.68 bits per heavy atom. The number of imide groups is 1. The minimum atomic E-state index is -0.711. The molecule has 0 bridgehead atoms. The standard InChI is InChI=1S/C18H17N3O3S/c1-20(13-8-4-2-5-9-13)19-16(22)12-15-17(23)21(18(24)25-15)14-10-6-3-7-11-14/h2-11,15H,12H2,1H3,(H,19,22). The first-order valence-corrected chi connectivity index (χ1v) is 8.62. The normalized spacial score (nSPS) is 16.8. The molecule has 128 valence electrons. The van der Waals surface area contributed by atoms with Gasteiger partial charge in [-0.05, 0) is 36.0 Å². The number of para-hydroxylation sites is 2. The van der Waals surface area contributed by atoms with Crippen molar-refractivity contribution in [2.75, 3.05) is 17.0 Å². The predicted octanol–water partition coefficient (Wildman–Crippen LogP) is 2.81. The van der Waals surface area contributed by atoms with Crippen molar-refractivity contribution < 1.29 is 14.4 Å². The maximum atomic E-state index is 12.5. The molecule has 6 nitrogen and oxygen atoms in total. The molecule has 1 saturated heterocycles. The van der Waals surface area contributed by atoms with Crippen LogP contribution >= 0.6 is 11.8 Å². The molecule has 3 amide bonds. The van der Waals surface area contributed by atoms with E-state index in [9.17, 15) is 14.4 Å². The lowest BCUT2D eigenvalue weighted by Gasteiger charge is -2.20. The Balaban J connectivity index is 1.62. The van der Waals surface area contributed by atoms with E-state index >= 15 is 0 Å². The van der Waals surface area contributed by atoms with E-state index < -0.39 is 5.25 Å². The molecule has 1 heterocycles. The first kappa shape index (κ1) is 17.0. The Bertz CT molecular complexity index is 783. The summed E-state index contributed by atoms with van der Waals surface area (Å²) >= 11 is 0.886. The van der Waals surface area contributed by atoms with Crippen LogP contribution in [0.25, 0.3) is 0 Å². The molecular weight excluding hydrogens is 338 g/mol. The molecule has 3 rings (SSSR count). The second kappa shape index (κ2) is 7.40. The fourth-order valence-electron chi connectivity index (χ4n) is 2.51. The fraction of sp³-hybridized carbons (Fsp3) is 0.167. The average Bonchev–Trinajstić information content (AvgIpc) is 2.89. The molecule has 2 aromatic rings. The number of amides is 3. The summed E-state index contributed by atoms with van der Waals surface area (Å²) in [5, 5.41) is 0.519. The molecule has 1 N–H and O–H groups in total. The van der Waals surface area contributed by atoms with Crippen LogP contribution in [-0.2, 0) is 9.59 Å². The molecule has 25 heavy (non-hydrogen) atoms. The summed E-state index contributed by atoms with van der Waals surface area (Å²) in [5.41, 5.74) is 4.06. The number of anilines is 2. The fourth-order valence-corrected chi connectivity index (χ4v) is 3.50. The lowest BCUT2D eigenvalue weighted by Crippen LogP contribution is -2.41. The van der Waals surface area contributed by atoms with Gasteiger partial charge in [0, 0.05) is 13.5 Å². The Kier molecular flexibility index (Phi) is 5.04. The molecular formula is C18H17N3O3S. The average molecular weight is 355 g/mol. The van der Waals surface area contributed by atoms with Gasteiger partial charge in [-0.3, -0.25) is 24.8 Å². The van der Waals surface area contributed by atoms with Crippen LogP contribution in [0.5, 0.6) is 0 Å². The number of carbonyl (C=O) groups excluding carboxylic acids is 3. The van der Waals surface area contributed by atoms with Crippen LogP contribution in [0, 0.1) is 0 Å². The Labute approximate surface area is 149 Å². The summed E-state index contributed by atoms with van der Waals surface area (Å²) in [7, 11) is 1.72. The Hall–Kier alpha value is -2.80. The second-order valence-electron chi connectivity index (χ2n) is 5.52. The lowest BCUT2D eigenvalue weighted by atomic mass is 10.2. The first-order valence-electron chi connectivity index (χ1n) is 7.74. The van der Waals surface area contributed by atoms with Gasteiger partial charge in [0.05, 0.1) is 11.4 Å². The van der Waals surface area contributed by atoms with Crippen molar-refractivity contribution >= 4 is 40.2 Å². The highest BCUT2D eigenvalue weighted by Gasteiger charge is 2.41. The van der Waals surface area contributed by atoms with Crippen molar-refractivity contribution in [3.05, 3.63) is 60.7 Å². The van der Waals surface area contributed by atoms with E-state index in [1.807, 2.05) is 36.4 Å². The molecule has 1 unspecified atom stereocenters. The summed E-state index contributed by atoms with van der Waals surface area (Å²) < 4.78 is 0. The predicted molar refractivity (Wildman–Crippen MR) is 98.3 cm³/mol. The number of carbonyl (C=O) groups is 3. The van der Waals surface area contributed by atoms with Gasteiger partial charge in [0.15, 0.2) is 0 Å². The number of hydrazine groups is 1. The van der Waals surface area contributed by atoms with Crippen molar-refractivity contribution in [3.63, 3.8) is 0 Å². The van der Waals surface area contributed by atoms with Crippen molar-refractivity contribution in [3.8, 4) is 0 Å². The smallest absolute Gasteiger partial charge is 0.289 e. The number of hydrogen-bond acceptors (Lipinski definition) is 5. The quantitative estimate of drug-likeness (QED) is 0.835. The van der Waals surface area contributed by atoms with E-state index in [2.05, 4.69) is 5.43 Å². The monoisotopic (exact) mass is 355 g/mol. The van der Waals surface area contributed by atoms with Crippen LogP contribution < -0.4 is 15.3 Å². The summed E-state index contributed by atoms with van der Waals surface area (Å²) in [6, 6.07) is 18.1. The van der Waals surface area contributed by atoms with E-state index in [-0.39, 0.29) is 23.5 Å². The van der Waals surface area contributed by atoms with Crippen molar-refractivity contribution in [2.45, 2.75) is 11.7 Å². The summed E-state index contributed by atoms with van der Waals surface area (Å²) in [6.45, 7) is 0. The van der Waals surface area contributed by atoms with Gasteiger partial charge >= 0.3 is 0 Å². The maximum Gasteiger partial charge on any atom is 0.293 e. The SMILES string of the molecule is CN(NC(=O)CC1SC(=O)N(c2ccccc2)C1=O)c1ccccc1. The number of benzene rings is 2. The van der Waals surface area contributed by atoms with Crippen LogP contribution in [0.2, 0.25) is 0 Å². The second-order valence-corrected chi connectivity index (χ2v) is 6.67. The third-order valence-corrected chi connectivity index (χ3v) is 4.78. The van der Waals surface area contributed by atoms with E-state index in [1.54, 1.807) is 36.3 Å². The van der Waals surface area contributed by atoms with Gasteiger partial charge in [-0.15, -0.1) is 0 Å². The Morgan fingerprint density at radius 3 is 2.32 bits per heavy atom. The summed E-state index contributed by atoms with van der Waals surface area (Å²) in [5.74, 6) is -0.682. The lowest BCUT2D eigenvalue weighted by molar-refractivity contribution is -0.124. The Morgan fingerprint density at radius 1 is 1.08 bits per heavy atom. The number of nitrogens with one attached hydrogen (secondary N) is 1. The molecule has 1 fully saturated rings. The zero-order chi connectivity index (χ0) is 17.8. The molecule has 1 aliphatic heterocycles. The molecule has 1 atom stereocenters. The molecule has 0 spiro atoms. The highest BCUT2D eigenvalue weighted by atomic mass is 32.2. The summed E-state index contributed by atoms with van der Waals surface area (Å²) in [6.07, 6.45) is -0.0598. The van der Waals surface area contributed by atoms with Gasteiger partial charge in [-0.25, -0.2) is 4.90 Å². The maximum absolute atomic E-state index is 12.5. The number of nitrogens with zero attached hydrogens (tertiary/aromatic N) is 2. The zero-order valence-electron chi connectivity index (χ0n) is 13.6. The third kappa shape index (κ3) is 3.83. The third-order valence-electron chi connectivity index (χ3n) is 3.74. The topological polar surface area (TPSA) is 69.7 Å². The minimum absolute atomic E-state index is 0.0598. The zero-order valence-corrected chi connectivity index (χ0v) is 14.4. The van der Waals surface area contributed by atoms with E-state index in [0.29, 0.717) is 5.69 Å². The minimum Gasteiger partial charge on any atom is -0.289 e. The van der Waals surface area contributed by atoms with Gasteiger partial charge < -0.3 is 0 Å². The van der Waals surface area contributed by atoms with E-state index in [4.69, 9.17) is 0 Å². The molecule has 0 radical (unpaired) electrons. The number of hydrogen-bond donors (Lipinski definition) is 1. The summed E-state index contributed by atoms with van der Waals surface area (Å²) in [4.78, 5) is 38.0. The molecule has 7 heteroatoms. The van der Waals surface area contributed by atoms with Crippen LogP contribution in [0.15, 0.2) is 60.7 Å². The van der Waals surface area contributed by atoms with Gasteiger partial charge in [0.2, 0.25) is 11.8 Å². The van der Waals surface area contributed by atoms with Gasteiger partial charge in [0.25, 0.3) is 5.24 Å². The van der Waals surface area contributed by atoms with Crippen molar-refractivity contribution in [1.82, 2.24) is 5.43 Å². The number of rotatable bonds is 5. The van der Waals surface area contributed by atoms with E-state index in [0.717, 1.165) is 22.3 Å². The molecule has 0 aliphatic carbocycles. The van der Waals surface area contributed by atoms with Crippen molar-refractivity contribution in [2.24, 2.45) is 0 Å². The molecule has 1 aliphatic rings. The van der Waals surface area contributed by atoms with Gasteiger partial charge in [-0.1, -0.05) is 36.4 Å². The van der Waals surface area contributed by atoms with Crippen LogP contribution in [0.3, 0.4) is 0 Å². The van der Waals surface area contributed by atoms with Crippen LogP contribution in [0.4, 0.5) is 16.2 Å². The van der Waals surface area contributed by atoms with Crippen LogP contribution in [0.1, 0.15) is 6.42 Å². The van der Waals surface area contributed by atoms with Crippen molar-refractivity contribution in [1.29, 1.82) is 0 Å². The van der Waals surface area contributed by atoms with E-state index in [1.165, 1.54) is 0 Å². The largest absolute Gasteiger partial charge is 0.293 e. The first-order chi connectivity index (χ1) is 12.1. The molecule has 0 aromatic heterocycles. The van der Waals surface area contributed by atoms with Gasteiger partial charge in [-0.2, -0.15) is 0 Å². The highest BCUT2D eigenvalue weighted by molar-refractivity contribution is 8.15. The highest BCUT2D eigenvalue weighted by Crippen LogP contribution is 2.33. The number of thioether (sulfide) groups is 1. The van der Waals surface area contributed by atoms with Crippen LogP contribution in [-0.4, -0.2) is 29.4 Å². The molecule has 0 saturated carbocycles.